The molecule has 1 aromatic carbocycles. The number of guanidine groups is 1. The van der Waals surface area contributed by atoms with Gasteiger partial charge >= 0.3 is 0 Å². The van der Waals surface area contributed by atoms with Crippen LogP contribution in [0.4, 0.5) is 0 Å². The molecule has 120 valence electrons. The van der Waals surface area contributed by atoms with E-state index in [-0.39, 0.29) is 18.5 Å². The highest BCUT2D eigenvalue weighted by Gasteiger charge is 2.10. The van der Waals surface area contributed by atoms with Crippen molar-refractivity contribution in [3.63, 3.8) is 0 Å². The number of benzene rings is 1. The predicted octanol–water partition coefficient (Wildman–Crippen LogP) is 1.87. The highest BCUT2D eigenvalue weighted by atomic mass is 16.2. The number of aryl methyl sites for hydroxylation is 1. The quantitative estimate of drug-likeness (QED) is 0.479. The van der Waals surface area contributed by atoms with Gasteiger partial charge in [-0.05, 0) is 25.0 Å². The lowest BCUT2D eigenvalue weighted by atomic mass is 10.0. The Labute approximate surface area is 133 Å². The molecule has 0 heterocycles. The van der Waals surface area contributed by atoms with Crippen molar-refractivity contribution in [2.75, 3.05) is 27.2 Å². The molecule has 0 bridgehead atoms. The lowest BCUT2D eigenvalue weighted by Gasteiger charge is -2.20. The Morgan fingerprint density at radius 2 is 2.09 bits per heavy atom. The van der Waals surface area contributed by atoms with Crippen molar-refractivity contribution in [2.24, 2.45) is 4.99 Å². The zero-order chi connectivity index (χ0) is 16.5. The molecular formula is C17H26N4O. The number of hydrogen-bond donors (Lipinski definition) is 2. The third-order valence-electron chi connectivity index (χ3n) is 3.29. The Bertz CT molecular complexity index is 537. The van der Waals surface area contributed by atoms with Crippen LogP contribution >= 0.6 is 0 Å². The van der Waals surface area contributed by atoms with Crippen LogP contribution in [-0.2, 0) is 4.79 Å². The van der Waals surface area contributed by atoms with E-state index in [1.807, 2.05) is 12.1 Å². The molecule has 0 aliphatic carbocycles. The van der Waals surface area contributed by atoms with Crippen molar-refractivity contribution >= 4 is 11.9 Å². The van der Waals surface area contributed by atoms with Gasteiger partial charge in [-0.15, -0.1) is 6.58 Å². The molecule has 22 heavy (non-hydrogen) atoms. The van der Waals surface area contributed by atoms with Crippen molar-refractivity contribution in [1.29, 1.82) is 0 Å². The molecule has 1 atom stereocenters. The minimum absolute atomic E-state index is 0.0387. The Morgan fingerprint density at radius 1 is 1.41 bits per heavy atom. The second kappa shape index (κ2) is 8.87. The second-order valence-corrected chi connectivity index (χ2v) is 5.35. The topological polar surface area (TPSA) is 56.7 Å². The van der Waals surface area contributed by atoms with Crippen molar-refractivity contribution in [1.82, 2.24) is 15.5 Å². The van der Waals surface area contributed by atoms with Gasteiger partial charge in [-0.2, -0.15) is 0 Å². The van der Waals surface area contributed by atoms with E-state index in [1.54, 1.807) is 20.2 Å². The largest absolute Gasteiger partial charge is 0.353 e. The number of carbonyl (C=O) groups is 1. The molecule has 2 N–H and O–H groups in total. The van der Waals surface area contributed by atoms with Crippen LogP contribution in [0.3, 0.4) is 0 Å². The maximum atomic E-state index is 11.7. The summed E-state index contributed by atoms with van der Waals surface area (Å²) in [4.78, 5) is 17.5. The third-order valence-corrected chi connectivity index (χ3v) is 3.29. The monoisotopic (exact) mass is 302 g/mol. The lowest BCUT2D eigenvalue weighted by Crippen LogP contribution is -2.40. The molecule has 1 rings (SSSR count). The van der Waals surface area contributed by atoms with Gasteiger partial charge in [0, 0.05) is 20.6 Å². The summed E-state index contributed by atoms with van der Waals surface area (Å²) in [7, 11) is 3.44. The molecule has 0 fully saturated rings. The van der Waals surface area contributed by atoms with Gasteiger partial charge in [0.15, 0.2) is 5.96 Å². The Morgan fingerprint density at radius 3 is 2.68 bits per heavy atom. The molecule has 1 amide bonds. The number of hydrogen-bond acceptors (Lipinski definition) is 2. The smallest absolute Gasteiger partial charge is 0.243 e. The first-order valence-electron chi connectivity index (χ1n) is 7.37. The van der Waals surface area contributed by atoms with Gasteiger partial charge < -0.3 is 15.5 Å². The summed E-state index contributed by atoms with van der Waals surface area (Å²) < 4.78 is 0. The highest BCUT2D eigenvalue weighted by molar-refractivity contribution is 5.85. The average molecular weight is 302 g/mol. The van der Waals surface area contributed by atoms with Crippen LogP contribution in [0.15, 0.2) is 41.9 Å². The van der Waals surface area contributed by atoms with Crippen LogP contribution in [0.1, 0.15) is 24.1 Å². The van der Waals surface area contributed by atoms with Crippen molar-refractivity contribution < 1.29 is 4.79 Å². The fraction of sp³-hybridized carbons (Fsp3) is 0.412. The average Bonchev–Trinajstić information content (AvgIpc) is 2.49. The molecule has 1 unspecified atom stereocenters. The van der Waals surface area contributed by atoms with Gasteiger partial charge in [-0.25, -0.2) is 4.99 Å². The Hall–Kier alpha value is -2.30. The summed E-state index contributed by atoms with van der Waals surface area (Å²) in [5.74, 6) is 0.564. The minimum atomic E-state index is -0.0387. The number of aliphatic imine (C=N–C) groups is 1. The van der Waals surface area contributed by atoms with E-state index < -0.39 is 0 Å². The maximum Gasteiger partial charge on any atom is 0.243 e. The van der Waals surface area contributed by atoms with Crippen LogP contribution in [0.5, 0.6) is 0 Å². The van der Waals surface area contributed by atoms with Gasteiger partial charge in [0.1, 0.15) is 6.54 Å². The highest BCUT2D eigenvalue weighted by Crippen LogP contribution is 2.16. The molecule has 5 heteroatoms. The summed E-state index contributed by atoms with van der Waals surface area (Å²) in [6.07, 6.45) is 1.75. The molecule has 0 saturated carbocycles. The summed E-state index contributed by atoms with van der Waals surface area (Å²) in [6.45, 7) is 8.54. The summed E-state index contributed by atoms with van der Waals surface area (Å²) >= 11 is 0. The zero-order valence-corrected chi connectivity index (χ0v) is 13.9. The molecular weight excluding hydrogens is 276 g/mol. The SMILES string of the molecule is C=CCNC(=NCC(=O)N(C)C)NC(C)c1ccccc1C. The predicted molar refractivity (Wildman–Crippen MR) is 91.9 cm³/mol. The van der Waals surface area contributed by atoms with E-state index in [0.717, 1.165) is 0 Å². The van der Waals surface area contributed by atoms with E-state index in [2.05, 4.69) is 48.2 Å². The van der Waals surface area contributed by atoms with E-state index in [0.29, 0.717) is 12.5 Å². The van der Waals surface area contributed by atoms with Gasteiger partial charge in [-0.1, -0.05) is 30.3 Å². The molecule has 0 aliphatic rings. The van der Waals surface area contributed by atoms with Crippen molar-refractivity contribution in [3.05, 3.63) is 48.0 Å². The second-order valence-electron chi connectivity index (χ2n) is 5.35. The summed E-state index contributed by atoms with van der Waals surface area (Å²) in [6, 6.07) is 8.29. The summed E-state index contributed by atoms with van der Waals surface area (Å²) in [5, 5.41) is 6.46. The van der Waals surface area contributed by atoms with Crippen molar-refractivity contribution in [2.45, 2.75) is 19.9 Å². The number of carbonyl (C=O) groups excluding carboxylic acids is 1. The normalized spacial score (nSPS) is 12.5. The standard InChI is InChI=1S/C17H26N4O/c1-6-11-18-17(19-12-16(22)21(4)5)20-14(3)15-10-8-7-9-13(15)2/h6-10,14H,1,11-12H2,2-5H3,(H2,18,19,20). The van der Waals surface area contributed by atoms with Crippen LogP contribution in [-0.4, -0.2) is 44.0 Å². The Balaban J connectivity index is 2.79. The first-order chi connectivity index (χ1) is 10.5. The molecule has 0 spiro atoms. The van der Waals surface area contributed by atoms with Gasteiger partial charge in [0.2, 0.25) is 5.91 Å². The van der Waals surface area contributed by atoms with Crippen molar-refractivity contribution in [3.8, 4) is 0 Å². The number of amides is 1. The van der Waals surface area contributed by atoms with Crippen LogP contribution in [0.25, 0.3) is 0 Å². The number of likely N-dealkylation sites (N-methyl/N-ethyl adjacent to an activating group) is 1. The molecule has 0 aliphatic heterocycles. The number of nitrogens with one attached hydrogen (secondary N) is 2. The van der Waals surface area contributed by atoms with E-state index in [4.69, 9.17) is 0 Å². The van der Waals surface area contributed by atoms with Crippen LogP contribution < -0.4 is 10.6 Å². The molecule has 0 saturated heterocycles. The lowest BCUT2D eigenvalue weighted by molar-refractivity contribution is -0.127. The number of nitrogens with zero attached hydrogens (tertiary/aromatic N) is 2. The van der Waals surface area contributed by atoms with Crippen LogP contribution in [0, 0.1) is 6.92 Å². The van der Waals surface area contributed by atoms with Gasteiger partial charge in [0.05, 0.1) is 6.04 Å². The van der Waals surface area contributed by atoms with E-state index in [1.165, 1.54) is 16.0 Å². The Kier molecular flexibility index (Phi) is 7.16. The first kappa shape index (κ1) is 17.8. The maximum absolute atomic E-state index is 11.7. The van der Waals surface area contributed by atoms with Crippen LogP contribution in [0.2, 0.25) is 0 Å². The fourth-order valence-electron chi connectivity index (χ4n) is 1.96. The fourth-order valence-corrected chi connectivity index (χ4v) is 1.96. The number of rotatable bonds is 6. The molecule has 0 radical (unpaired) electrons. The van der Waals surface area contributed by atoms with Gasteiger partial charge in [0.25, 0.3) is 0 Å². The molecule has 5 nitrogen and oxygen atoms in total. The zero-order valence-electron chi connectivity index (χ0n) is 13.9. The minimum Gasteiger partial charge on any atom is -0.353 e. The third kappa shape index (κ3) is 5.60. The van der Waals surface area contributed by atoms with E-state index in [9.17, 15) is 4.79 Å². The van der Waals surface area contributed by atoms with E-state index >= 15 is 0 Å². The molecule has 0 aromatic heterocycles. The molecule has 1 aromatic rings. The van der Waals surface area contributed by atoms with Gasteiger partial charge in [-0.3, -0.25) is 4.79 Å². The summed E-state index contributed by atoms with van der Waals surface area (Å²) in [5.41, 5.74) is 2.42. The first-order valence-corrected chi connectivity index (χ1v) is 7.37.